The molecule has 0 rings (SSSR count). The molecular formula is C4H7ClO3S. The average Bonchev–Trinajstić information content (AvgIpc) is 1.63. The first-order chi connectivity index (χ1) is 3.98. The summed E-state index contributed by atoms with van der Waals surface area (Å²) in [6.45, 7) is 3.19. The zero-order chi connectivity index (χ0) is 7.49. The molecule has 0 saturated heterocycles. The molecule has 0 saturated carbocycles. The van der Waals surface area contributed by atoms with Gasteiger partial charge in [0, 0.05) is 5.03 Å². The quantitative estimate of drug-likeness (QED) is 0.587. The molecule has 3 nitrogen and oxygen atoms in total. The molecule has 0 heterocycles. The number of hydrogen-bond acceptors (Lipinski definition) is 3. The fourth-order valence-corrected chi connectivity index (χ4v) is 1.15. The minimum Gasteiger partial charge on any atom is -0.273 e. The molecule has 0 aromatic heterocycles. The van der Waals surface area contributed by atoms with E-state index in [-0.39, 0.29) is 10.8 Å². The van der Waals surface area contributed by atoms with Crippen LogP contribution in [0, 0.1) is 0 Å². The summed E-state index contributed by atoms with van der Waals surface area (Å²) >= 11 is 5.19. The van der Waals surface area contributed by atoms with E-state index < -0.39 is 10.1 Å². The summed E-state index contributed by atoms with van der Waals surface area (Å²) in [6.07, 6.45) is 0. The third-order valence-electron chi connectivity index (χ3n) is 0.587. The summed E-state index contributed by atoms with van der Waals surface area (Å²) in [5, 5.41) is 0.0526. The Morgan fingerprint density at radius 1 is 1.78 bits per heavy atom. The second kappa shape index (κ2) is 3.20. The van der Waals surface area contributed by atoms with Crippen LogP contribution in [0.15, 0.2) is 11.6 Å². The molecule has 0 N–H and O–H groups in total. The predicted octanol–water partition coefficient (Wildman–Crippen LogP) is 0.715. The normalized spacial score (nSPS) is 11.3. The molecule has 5 heteroatoms. The van der Waals surface area contributed by atoms with Gasteiger partial charge in [-0.1, -0.05) is 18.2 Å². The summed E-state index contributed by atoms with van der Waals surface area (Å²) in [7, 11) is -2.37. The first-order valence-electron chi connectivity index (χ1n) is 2.09. The Hall–Kier alpha value is -0.0600. The van der Waals surface area contributed by atoms with Gasteiger partial charge in [0.2, 0.25) is 0 Å². The van der Waals surface area contributed by atoms with Gasteiger partial charge in [-0.3, -0.25) is 4.18 Å². The van der Waals surface area contributed by atoms with Gasteiger partial charge in [0.25, 0.3) is 10.1 Å². The van der Waals surface area contributed by atoms with Crippen molar-refractivity contribution in [3.05, 3.63) is 11.6 Å². The van der Waals surface area contributed by atoms with Gasteiger partial charge in [0.15, 0.2) is 0 Å². The molecule has 9 heavy (non-hydrogen) atoms. The van der Waals surface area contributed by atoms with Crippen LogP contribution >= 0.6 is 11.6 Å². The number of halogens is 1. The Morgan fingerprint density at radius 3 is 2.33 bits per heavy atom. The van der Waals surface area contributed by atoms with Crippen LogP contribution in [0.1, 0.15) is 0 Å². The van der Waals surface area contributed by atoms with Gasteiger partial charge < -0.3 is 0 Å². The minimum atomic E-state index is -3.45. The lowest BCUT2D eigenvalue weighted by atomic mass is 10.8. The van der Waals surface area contributed by atoms with Gasteiger partial charge >= 0.3 is 0 Å². The van der Waals surface area contributed by atoms with Crippen LogP contribution in [0.25, 0.3) is 0 Å². The molecular weight excluding hydrogens is 164 g/mol. The Kier molecular flexibility index (Phi) is 3.17. The van der Waals surface area contributed by atoms with Gasteiger partial charge in [-0.25, -0.2) is 0 Å². The Labute approximate surface area is 59.4 Å². The van der Waals surface area contributed by atoms with Crippen molar-refractivity contribution in [2.75, 3.05) is 12.9 Å². The molecule has 0 amide bonds. The van der Waals surface area contributed by atoms with Gasteiger partial charge in [-0.2, -0.15) is 8.42 Å². The van der Waals surface area contributed by atoms with E-state index in [9.17, 15) is 8.42 Å². The average molecular weight is 171 g/mol. The van der Waals surface area contributed by atoms with Crippen LogP contribution in [-0.4, -0.2) is 21.3 Å². The van der Waals surface area contributed by atoms with Crippen molar-refractivity contribution in [3.8, 4) is 0 Å². The first-order valence-corrected chi connectivity index (χ1v) is 4.05. The van der Waals surface area contributed by atoms with Crippen molar-refractivity contribution < 1.29 is 12.6 Å². The molecule has 0 aliphatic rings. The third-order valence-corrected chi connectivity index (χ3v) is 2.09. The first kappa shape index (κ1) is 8.94. The van der Waals surface area contributed by atoms with Gasteiger partial charge in [0.05, 0.1) is 7.11 Å². The fraction of sp³-hybridized carbons (Fsp3) is 0.500. The van der Waals surface area contributed by atoms with Crippen LogP contribution < -0.4 is 0 Å². The summed E-state index contributed by atoms with van der Waals surface area (Å²) < 4.78 is 25.0. The highest BCUT2D eigenvalue weighted by molar-refractivity contribution is 7.86. The molecule has 0 fully saturated rings. The molecule has 0 aliphatic carbocycles. The monoisotopic (exact) mass is 170 g/mol. The highest BCUT2D eigenvalue weighted by Crippen LogP contribution is 2.02. The summed E-state index contributed by atoms with van der Waals surface area (Å²) in [5.74, 6) is -0.328. The molecule has 0 bridgehead atoms. The van der Waals surface area contributed by atoms with Crippen molar-refractivity contribution in [1.29, 1.82) is 0 Å². The number of rotatable bonds is 3. The van der Waals surface area contributed by atoms with E-state index in [0.717, 1.165) is 7.11 Å². The van der Waals surface area contributed by atoms with E-state index in [1.54, 1.807) is 0 Å². The Balaban J connectivity index is 4.06. The van der Waals surface area contributed by atoms with E-state index >= 15 is 0 Å². The Bertz CT molecular complexity index is 194. The highest BCUT2D eigenvalue weighted by atomic mass is 35.5. The minimum absolute atomic E-state index is 0.0526. The fourth-order valence-electron chi connectivity index (χ4n) is 0.251. The Morgan fingerprint density at radius 2 is 2.22 bits per heavy atom. The lowest BCUT2D eigenvalue weighted by Crippen LogP contribution is -2.06. The van der Waals surface area contributed by atoms with Crippen molar-refractivity contribution in [2.24, 2.45) is 0 Å². The molecule has 0 aromatic carbocycles. The smallest absolute Gasteiger partial charge is 0.272 e. The van der Waals surface area contributed by atoms with Crippen LogP contribution in [0.5, 0.6) is 0 Å². The predicted molar refractivity (Wildman–Crippen MR) is 35.8 cm³/mol. The van der Waals surface area contributed by atoms with Crippen LogP contribution in [0.2, 0.25) is 0 Å². The van der Waals surface area contributed by atoms with E-state index in [1.165, 1.54) is 0 Å². The van der Waals surface area contributed by atoms with E-state index in [1.807, 2.05) is 0 Å². The molecule has 0 spiro atoms. The van der Waals surface area contributed by atoms with Crippen molar-refractivity contribution in [1.82, 2.24) is 0 Å². The second-order valence-electron chi connectivity index (χ2n) is 1.39. The maximum atomic E-state index is 10.4. The van der Waals surface area contributed by atoms with Gasteiger partial charge in [-0.15, -0.1) is 0 Å². The summed E-state index contributed by atoms with van der Waals surface area (Å²) in [4.78, 5) is 0. The zero-order valence-corrected chi connectivity index (χ0v) is 6.50. The second-order valence-corrected chi connectivity index (χ2v) is 3.66. The van der Waals surface area contributed by atoms with Crippen LogP contribution in [0.3, 0.4) is 0 Å². The SMILES string of the molecule is C=C(Cl)CS(=O)(=O)OC. The lowest BCUT2D eigenvalue weighted by Gasteiger charge is -1.96. The zero-order valence-electron chi connectivity index (χ0n) is 4.93. The van der Waals surface area contributed by atoms with Crippen LogP contribution in [-0.2, 0) is 14.3 Å². The van der Waals surface area contributed by atoms with Crippen molar-refractivity contribution in [2.45, 2.75) is 0 Å². The van der Waals surface area contributed by atoms with Crippen LogP contribution in [0.4, 0.5) is 0 Å². The maximum Gasteiger partial charge on any atom is 0.272 e. The standard InChI is InChI=1S/C4H7ClO3S/c1-4(5)3-9(6,7)8-2/h1,3H2,2H3. The molecule has 0 atom stereocenters. The van der Waals surface area contributed by atoms with E-state index in [0.29, 0.717) is 0 Å². The largest absolute Gasteiger partial charge is 0.273 e. The van der Waals surface area contributed by atoms with Crippen molar-refractivity contribution >= 4 is 21.7 Å². The van der Waals surface area contributed by atoms with E-state index in [4.69, 9.17) is 11.6 Å². The molecule has 0 aliphatic heterocycles. The van der Waals surface area contributed by atoms with Crippen molar-refractivity contribution in [3.63, 3.8) is 0 Å². The molecule has 54 valence electrons. The molecule has 0 aromatic rings. The summed E-state index contributed by atoms with van der Waals surface area (Å²) in [5.41, 5.74) is 0. The topological polar surface area (TPSA) is 43.4 Å². The molecule has 0 radical (unpaired) electrons. The third kappa shape index (κ3) is 4.44. The summed E-state index contributed by atoms with van der Waals surface area (Å²) in [6, 6.07) is 0. The maximum absolute atomic E-state index is 10.4. The highest BCUT2D eigenvalue weighted by Gasteiger charge is 2.08. The molecule has 0 unspecified atom stereocenters. The van der Waals surface area contributed by atoms with Gasteiger partial charge in [0.1, 0.15) is 5.75 Å². The van der Waals surface area contributed by atoms with Gasteiger partial charge in [-0.05, 0) is 0 Å². The van der Waals surface area contributed by atoms with E-state index in [2.05, 4.69) is 10.8 Å². The lowest BCUT2D eigenvalue weighted by molar-refractivity contribution is 0.400. The number of hydrogen-bond donors (Lipinski definition) is 0.